The Bertz CT molecular complexity index is 450. The molecule has 0 amide bonds. The maximum atomic E-state index is 11.1. The van der Waals surface area contributed by atoms with Crippen LogP contribution in [0.1, 0.15) is 5.56 Å². The number of nitro benzene ring substituents is 1. The van der Waals surface area contributed by atoms with Crippen LogP contribution in [0.4, 0.5) is 11.4 Å². The van der Waals surface area contributed by atoms with Crippen LogP contribution in [0.5, 0.6) is 0 Å². The molecule has 6 heteroatoms. The van der Waals surface area contributed by atoms with Gasteiger partial charge in [0.05, 0.1) is 30.8 Å². The van der Waals surface area contributed by atoms with E-state index in [4.69, 9.17) is 4.74 Å². The van der Waals surface area contributed by atoms with Crippen molar-refractivity contribution in [3.8, 4) is 0 Å². The van der Waals surface area contributed by atoms with Crippen molar-refractivity contribution in [1.82, 2.24) is 0 Å². The molecule has 0 aromatic heterocycles. The topological polar surface area (TPSA) is 75.8 Å². The molecule has 1 aromatic carbocycles. The maximum absolute atomic E-state index is 11.1. The third-order valence-corrected chi connectivity index (χ3v) is 3.08. The van der Waals surface area contributed by atoms with E-state index in [-0.39, 0.29) is 18.3 Å². The Morgan fingerprint density at radius 1 is 1.61 bits per heavy atom. The van der Waals surface area contributed by atoms with Gasteiger partial charge in [-0.1, -0.05) is 6.07 Å². The van der Waals surface area contributed by atoms with Crippen molar-refractivity contribution < 1.29 is 14.8 Å². The minimum absolute atomic E-state index is 0.0703. The molecule has 0 saturated carbocycles. The van der Waals surface area contributed by atoms with Crippen molar-refractivity contribution in [2.24, 2.45) is 0 Å². The van der Waals surface area contributed by atoms with Crippen molar-refractivity contribution in [3.05, 3.63) is 33.9 Å². The Kier molecular flexibility index (Phi) is 3.78. The SMILES string of the molecule is Cc1ccc([N+](=O)[O-])c(N2CCOCC2CO)c1. The largest absolute Gasteiger partial charge is 0.394 e. The van der Waals surface area contributed by atoms with Gasteiger partial charge in [-0.2, -0.15) is 0 Å². The predicted molar refractivity (Wildman–Crippen MR) is 66.9 cm³/mol. The van der Waals surface area contributed by atoms with E-state index in [1.807, 2.05) is 11.8 Å². The lowest BCUT2D eigenvalue weighted by Crippen LogP contribution is -2.47. The normalized spacial score (nSPS) is 19.9. The molecule has 1 fully saturated rings. The average Bonchev–Trinajstić information content (AvgIpc) is 2.38. The monoisotopic (exact) mass is 252 g/mol. The molecule has 0 aliphatic carbocycles. The van der Waals surface area contributed by atoms with Crippen LogP contribution >= 0.6 is 0 Å². The molecule has 1 heterocycles. The van der Waals surface area contributed by atoms with Gasteiger partial charge in [0.15, 0.2) is 0 Å². The Morgan fingerprint density at radius 3 is 3.06 bits per heavy atom. The standard InChI is InChI=1S/C12H16N2O4/c1-9-2-3-11(14(16)17)12(6-9)13-4-5-18-8-10(13)7-15/h2-3,6,10,15H,4-5,7-8H2,1H3. The summed E-state index contributed by atoms with van der Waals surface area (Å²) in [4.78, 5) is 12.5. The van der Waals surface area contributed by atoms with Crippen molar-refractivity contribution in [2.45, 2.75) is 13.0 Å². The number of anilines is 1. The molecule has 1 aromatic rings. The smallest absolute Gasteiger partial charge is 0.292 e. The fraction of sp³-hybridized carbons (Fsp3) is 0.500. The van der Waals surface area contributed by atoms with Crippen molar-refractivity contribution in [3.63, 3.8) is 0 Å². The number of hydrogen-bond donors (Lipinski definition) is 1. The zero-order valence-corrected chi connectivity index (χ0v) is 10.2. The summed E-state index contributed by atoms with van der Waals surface area (Å²) in [6.45, 7) is 3.27. The lowest BCUT2D eigenvalue weighted by Gasteiger charge is -2.36. The van der Waals surface area contributed by atoms with Gasteiger partial charge >= 0.3 is 0 Å². The van der Waals surface area contributed by atoms with Crippen LogP contribution in [0.15, 0.2) is 18.2 Å². The summed E-state index contributed by atoms with van der Waals surface area (Å²) in [5, 5.41) is 20.4. The zero-order chi connectivity index (χ0) is 13.1. The van der Waals surface area contributed by atoms with Crippen LogP contribution in [0, 0.1) is 17.0 Å². The number of rotatable bonds is 3. The van der Waals surface area contributed by atoms with Crippen LogP contribution in [0.25, 0.3) is 0 Å². The summed E-state index contributed by atoms with van der Waals surface area (Å²) in [7, 11) is 0. The van der Waals surface area contributed by atoms with E-state index >= 15 is 0 Å². The summed E-state index contributed by atoms with van der Waals surface area (Å²) < 4.78 is 5.28. The van der Waals surface area contributed by atoms with Crippen LogP contribution in [0.2, 0.25) is 0 Å². The molecular weight excluding hydrogens is 236 g/mol. The number of ether oxygens (including phenoxy) is 1. The minimum Gasteiger partial charge on any atom is -0.394 e. The van der Waals surface area contributed by atoms with E-state index in [1.54, 1.807) is 12.1 Å². The van der Waals surface area contributed by atoms with Gasteiger partial charge in [0, 0.05) is 12.6 Å². The molecule has 1 unspecified atom stereocenters. The third-order valence-electron chi connectivity index (χ3n) is 3.08. The molecule has 1 atom stereocenters. The number of aliphatic hydroxyl groups is 1. The highest BCUT2D eigenvalue weighted by Crippen LogP contribution is 2.31. The number of aliphatic hydroxyl groups excluding tert-OH is 1. The molecule has 0 radical (unpaired) electrons. The second kappa shape index (κ2) is 5.32. The minimum atomic E-state index is -0.390. The Hall–Kier alpha value is -1.66. The molecule has 1 N–H and O–H groups in total. The third kappa shape index (κ3) is 2.44. The fourth-order valence-electron chi connectivity index (χ4n) is 2.14. The van der Waals surface area contributed by atoms with Gasteiger partial charge < -0.3 is 14.7 Å². The Morgan fingerprint density at radius 2 is 2.39 bits per heavy atom. The first-order valence-electron chi connectivity index (χ1n) is 5.83. The molecule has 1 saturated heterocycles. The van der Waals surface area contributed by atoms with Gasteiger partial charge in [-0.05, 0) is 18.6 Å². The second-order valence-corrected chi connectivity index (χ2v) is 4.35. The van der Waals surface area contributed by atoms with Gasteiger partial charge in [0.2, 0.25) is 0 Å². The molecule has 0 spiro atoms. The molecule has 98 valence electrons. The highest BCUT2D eigenvalue weighted by atomic mass is 16.6. The molecule has 18 heavy (non-hydrogen) atoms. The molecule has 0 bridgehead atoms. The average molecular weight is 252 g/mol. The first-order valence-corrected chi connectivity index (χ1v) is 5.83. The van der Waals surface area contributed by atoms with E-state index in [1.165, 1.54) is 6.07 Å². The van der Waals surface area contributed by atoms with Crippen LogP contribution in [-0.2, 0) is 4.74 Å². The summed E-state index contributed by atoms with van der Waals surface area (Å²) in [6, 6.07) is 4.79. The van der Waals surface area contributed by atoms with Gasteiger partial charge in [-0.15, -0.1) is 0 Å². The summed E-state index contributed by atoms with van der Waals surface area (Å²) >= 11 is 0. The zero-order valence-electron chi connectivity index (χ0n) is 10.2. The molecule has 1 aliphatic rings. The summed E-state index contributed by atoms with van der Waals surface area (Å²) in [5.41, 5.74) is 1.59. The molecule has 2 rings (SSSR count). The Balaban J connectivity index is 2.41. The molecular formula is C12H16N2O4. The second-order valence-electron chi connectivity index (χ2n) is 4.35. The van der Waals surface area contributed by atoms with Crippen LogP contribution in [-0.4, -0.2) is 42.4 Å². The summed E-state index contributed by atoms with van der Waals surface area (Å²) in [5.74, 6) is 0. The van der Waals surface area contributed by atoms with E-state index in [9.17, 15) is 15.2 Å². The number of morpholine rings is 1. The predicted octanol–water partition coefficient (Wildman–Crippen LogP) is 1.10. The summed E-state index contributed by atoms with van der Waals surface area (Å²) in [6.07, 6.45) is 0. The lowest BCUT2D eigenvalue weighted by atomic mass is 10.1. The van der Waals surface area contributed by atoms with E-state index < -0.39 is 4.92 Å². The number of nitro groups is 1. The van der Waals surface area contributed by atoms with Gasteiger partial charge in [0.25, 0.3) is 5.69 Å². The van der Waals surface area contributed by atoms with Crippen LogP contribution in [0.3, 0.4) is 0 Å². The highest BCUT2D eigenvalue weighted by molar-refractivity contribution is 5.65. The van der Waals surface area contributed by atoms with Crippen LogP contribution < -0.4 is 4.90 Å². The van der Waals surface area contributed by atoms with Crippen molar-refractivity contribution >= 4 is 11.4 Å². The maximum Gasteiger partial charge on any atom is 0.292 e. The Labute approximate surface area is 105 Å². The highest BCUT2D eigenvalue weighted by Gasteiger charge is 2.28. The lowest BCUT2D eigenvalue weighted by molar-refractivity contribution is -0.384. The number of aryl methyl sites for hydroxylation is 1. The van der Waals surface area contributed by atoms with Crippen molar-refractivity contribution in [1.29, 1.82) is 0 Å². The van der Waals surface area contributed by atoms with Gasteiger partial charge in [-0.25, -0.2) is 0 Å². The van der Waals surface area contributed by atoms with Gasteiger partial charge in [-0.3, -0.25) is 10.1 Å². The van der Waals surface area contributed by atoms with E-state index in [0.29, 0.717) is 25.4 Å². The van der Waals surface area contributed by atoms with Gasteiger partial charge in [0.1, 0.15) is 5.69 Å². The number of hydrogen-bond acceptors (Lipinski definition) is 5. The molecule has 1 aliphatic heterocycles. The first-order chi connectivity index (χ1) is 8.63. The number of nitrogens with zero attached hydrogens (tertiary/aromatic N) is 2. The number of benzene rings is 1. The van der Waals surface area contributed by atoms with E-state index in [2.05, 4.69) is 0 Å². The van der Waals surface area contributed by atoms with Crippen molar-refractivity contribution in [2.75, 3.05) is 31.3 Å². The quantitative estimate of drug-likeness (QED) is 0.644. The van der Waals surface area contributed by atoms with E-state index in [0.717, 1.165) is 5.56 Å². The first kappa shape index (κ1) is 12.8. The molecule has 6 nitrogen and oxygen atoms in total. The fourth-order valence-corrected chi connectivity index (χ4v) is 2.14.